The molecule has 0 saturated carbocycles. The lowest BCUT2D eigenvalue weighted by atomic mass is 9.90. The zero-order valence-electron chi connectivity index (χ0n) is 10.8. The molecular formula is C12H21ClN4. The van der Waals surface area contributed by atoms with E-state index in [4.69, 9.17) is 17.3 Å². The summed E-state index contributed by atoms with van der Waals surface area (Å²) in [5.74, 6) is 0. The van der Waals surface area contributed by atoms with Crippen molar-refractivity contribution in [3.8, 4) is 0 Å². The Bertz CT molecular complexity index is 415. The number of halogens is 1. The lowest BCUT2D eigenvalue weighted by Crippen LogP contribution is -2.31. The first-order chi connectivity index (χ1) is 7.95. The van der Waals surface area contributed by atoms with Gasteiger partial charge in [0.05, 0.1) is 5.69 Å². The van der Waals surface area contributed by atoms with Crippen LogP contribution in [0.1, 0.15) is 24.6 Å². The molecule has 96 valence electrons. The zero-order chi connectivity index (χ0) is 12.6. The zero-order valence-corrected chi connectivity index (χ0v) is 11.6. The van der Waals surface area contributed by atoms with E-state index in [0.29, 0.717) is 0 Å². The Labute approximate surface area is 108 Å². The van der Waals surface area contributed by atoms with Crippen LogP contribution < -0.4 is 5.73 Å². The number of likely N-dealkylation sites (tertiary alicyclic amines) is 1. The van der Waals surface area contributed by atoms with Crippen molar-refractivity contribution >= 4 is 11.6 Å². The maximum Gasteiger partial charge on any atom is 0.131 e. The van der Waals surface area contributed by atoms with Crippen LogP contribution in [0.2, 0.25) is 5.15 Å². The minimum absolute atomic E-state index is 0.266. The smallest absolute Gasteiger partial charge is 0.131 e. The number of aromatic nitrogens is 2. The number of nitrogens with two attached hydrogens (primary N) is 1. The van der Waals surface area contributed by atoms with E-state index in [0.717, 1.165) is 42.6 Å². The van der Waals surface area contributed by atoms with Gasteiger partial charge in [-0.15, -0.1) is 0 Å². The summed E-state index contributed by atoms with van der Waals surface area (Å²) in [5.41, 5.74) is 8.26. The topological polar surface area (TPSA) is 47.1 Å². The molecule has 1 aliphatic heterocycles. The van der Waals surface area contributed by atoms with Crippen LogP contribution in [0, 0.1) is 12.3 Å². The Morgan fingerprint density at radius 1 is 1.53 bits per heavy atom. The Morgan fingerprint density at radius 2 is 2.24 bits per heavy atom. The Hall–Kier alpha value is -0.580. The maximum absolute atomic E-state index is 6.25. The van der Waals surface area contributed by atoms with Crippen LogP contribution in [0.15, 0.2) is 0 Å². The number of aryl methyl sites for hydroxylation is 2. The van der Waals surface area contributed by atoms with Gasteiger partial charge in [0.25, 0.3) is 0 Å². The van der Waals surface area contributed by atoms with Gasteiger partial charge in [-0.25, -0.2) is 0 Å². The van der Waals surface area contributed by atoms with Crippen molar-refractivity contribution in [1.29, 1.82) is 0 Å². The van der Waals surface area contributed by atoms with Gasteiger partial charge in [0.1, 0.15) is 5.15 Å². The predicted octanol–water partition coefficient (Wildman–Crippen LogP) is 1.55. The van der Waals surface area contributed by atoms with Crippen molar-refractivity contribution in [3.05, 3.63) is 16.4 Å². The first-order valence-electron chi connectivity index (χ1n) is 6.05. The largest absolute Gasteiger partial charge is 0.330 e. The minimum Gasteiger partial charge on any atom is -0.330 e. The summed E-state index contributed by atoms with van der Waals surface area (Å²) < 4.78 is 1.74. The van der Waals surface area contributed by atoms with Gasteiger partial charge in [0.15, 0.2) is 0 Å². The second kappa shape index (κ2) is 4.59. The van der Waals surface area contributed by atoms with E-state index in [1.165, 1.54) is 6.42 Å². The van der Waals surface area contributed by atoms with Crippen LogP contribution in [0.3, 0.4) is 0 Å². The fourth-order valence-corrected chi connectivity index (χ4v) is 2.74. The summed E-state index contributed by atoms with van der Waals surface area (Å²) in [5, 5.41) is 5.10. The van der Waals surface area contributed by atoms with Crippen LogP contribution in [-0.4, -0.2) is 34.3 Å². The van der Waals surface area contributed by atoms with Gasteiger partial charge in [-0.2, -0.15) is 5.10 Å². The van der Waals surface area contributed by atoms with E-state index in [-0.39, 0.29) is 5.41 Å². The second-order valence-electron chi connectivity index (χ2n) is 5.45. The summed E-state index contributed by atoms with van der Waals surface area (Å²) in [6.07, 6.45) is 1.17. The molecule has 1 atom stereocenters. The predicted molar refractivity (Wildman–Crippen MR) is 70.0 cm³/mol. The summed E-state index contributed by atoms with van der Waals surface area (Å²) in [6, 6.07) is 0. The van der Waals surface area contributed by atoms with E-state index >= 15 is 0 Å². The first-order valence-corrected chi connectivity index (χ1v) is 6.43. The van der Waals surface area contributed by atoms with E-state index in [1.807, 2.05) is 14.0 Å². The minimum atomic E-state index is 0.266. The number of hydrogen-bond acceptors (Lipinski definition) is 3. The molecule has 5 heteroatoms. The first kappa shape index (κ1) is 12.9. The molecular weight excluding hydrogens is 236 g/mol. The number of nitrogens with zero attached hydrogens (tertiary/aromatic N) is 3. The molecule has 2 heterocycles. The van der Waals surface area contributed by atoms with Crippen molar-refractivity contribution in [2.24, 2.45) is 18.2 Å². The van der Waals surface area contributed by atoms with Crippen LogP contribution >= 0.6 is 11.6 Å². The average Bonchev–Trinajstić information content (AvgIpc) is 2.77. The van der Waals surface area contributed by atoms with Crippen molar-refractivity contribution in [1.82, 2.24) is 14.7 Å². The van der Waals surface area contributed by atoms with E-state index < -0.39 is 0 Å². The molecule has 0 bridgehead atoms. The fourth-order valence-electron chi connectivity index (χ4n) is 2.50. The molecule has 0 spiro atoms. The maximum atomic E-state index is 6.25. The number of rotatable bonds is 3. The summed E-state index contributed by atoms with van der Waals surface area (Å²) in [4.78, 5) is 2.42. The molecule has 2 N–H and O–H groups in total. The molecule has 0 aromatic carbocycles. The van der Waals surface area contributed by atoms with E-state index in [1.54, 1.807) is 4.68 Å². The Morgan fingerprint density at radius 3 is 2.71 bits per heavy atom. The van der Waals surface area contributed by atoms with Crippen LogP contribution in [0.5, 0.6) is 0 Å². The fraction of sp³-hybridized carbons (Fsp3) is 0.750. The molecule has 17 heavy (non-hydrogen) atoms. The van der Waals surface area contributed by atoms with Gasteiger partial charge in [-0.3, -0.25) is 9.58 Å². The van der Waals surface area contributed by atoms with Crippen molar-refractivity contribution in [2.45, 2.75) is 26.8 Å². The van der Waals surface area contributed by atoms with Gasteiger partial charge in [-0.1, -0.05) is 18.5 Å². The Kier molecular flexibility index (Phi) is 3.48. The molecule has 1 aliphatic rings. The highest BCUT2D eigenvalue weighted by Crippen LogP contribution is 2.31. The summed E-state index contributed by atoms with van der Waals surface area (Å²) >= 11 is 6.25. The third kappa shape index (κ3) is 2.49. The van der Waals surface area contributed by atoms with Crippen LogP contribution in [-0.2, 0) is 13.6 Å². The van der Waals surface area contributed by atoms with E-state index in [2.05, 4.69) is 16.9 Å². The molecule has 1 unspecified atom stereocenters. The average molecular weight is 257 g/mol. The lowest BCUT2D eigenvalue weighted by Gasteiger charge is -2.22. The molecule has 4 nitrogen and oxygen atoms in total. The normalized spacial score (nSPS) is 25.7. The highest BCUT2D eigenvalue weighted by Gasteiger charge is 2.33. The Balaban J connectivity index is 2.08. The second-order valence-corrected chi connectivity index (χ2v) is 5.81. The third-order valence-electron chi connectivity index (χ3n) is 3.78. The molecule has 1 saturated heterocycles. The molecule has 1 aromatic heterocycles. The van der Waals surface area contributed by atoms with Crippen LogP contribution in [0.25, 0.3) is 0 Å². The van der Waals surface area contributed by atoms with Gasteiger partial charge in [-0.05, 0) is 31.8 Å². The lowest BCUT2D eigenvalue weighted by molar-refractivity contribution is 0.274. The molecule has 0 aliphatic carbocycles. The standard InChI is InChI=1S/C12H21ClN4/c1-9-10(11(13)16(3)15-9)6-17-5-4-12(2,7-14)8-17/h4-8,14H2,1-3H3. The van der Waals surface area contributed by atoms with Crippen molar-refractivity contribution in [2.75, 3.05) is 19.6 Å². The monoisotopic (exact) mass is 256 g/mol. The summed E-state index contributed by atoms with van der Waals surface area (Å²) in [6.45, 7) is 8.05. The summed E-state index contributed by atoms with van der Waals surface area (Å²) in [7, 11) is 1.88. The van der Waals surface area contributed by atoms with Crippen LogP contribution in [0.4, 0.5) is 0 Å². The van der Waals surface area contributed by atoms with Crippen molar-refractivity contribution < 1.29 is 0 Å². The molecule has 0 radical (unpaired) electrons. The highest BCUT2D eigenvalue weighted by molar-refractivity contribution is 6.30. The molecule has 2 rings (SSSR count). The number of hydrogen-bond donors (Lipinski definition) is 1. The van der Waals surface area contributed by atoms with Gasteiger partial charge >= 0.3 is 0 Å². The molecule has 1 aromatic rings. The van der Waals surface area contributed by atoms with E-state index in [9.17, 15) is 0 Å². The highest BCUT2D eigenvalue weighted by atomic mass is 35.5. The third-order valence-corrected chi connectivity index (χ3v) is 4.25. The molecule has 0 amide bonds. The SMILES string of the molecule is Cc1nn(C)c(Cl)c1CN1CCC(C)(CN)C1. The van der Waals surface area contributed by atoms with Gasteiger partial charge in [0.2, 0.25) is 0 Å². The van der Waals surface area contributed by atoms with Gasteiger partial charge in [0, 0.05) is 25.7 Å². The van der Waals surface area contributed by atoms with Crippen molar-refractivity contribution in [3.63, 3.8) is 0 Å². The van der Waals surface area contributed by atoms with Gasteiger partial charge < -0.3 is 5.73 Å². The quantitative estimate of drug-likeness (QED) is 0.893. The molecule has 1 fully saturated rings.